The van der Waals surface area contributed by atoms with E-state index in [9.17, 15) is 9.59 Å². The van der Waals surface area contributed by atoms with Gasteiger partial charge in [0.15, 0.2) is 0 Å². The van der Waals surface area contributed by atoms with Gasteiger partial charge in [0.05, 0.1) is 12.9 Å². The van der Waals surface area contributed by atoms with E-state index in [1.54, 1.807) is 37.7 Å². The number of piperidine rings is 1. The Kier molecular flexibility index (Phi) is 7.35. The third kappa shape index (κ3) is 6.08. The summed E-state index contributed by atoms with van der Waals surface area (Å²) in [5, 5.41) is 5.59. The Morgan fingerprint density at radius 3 is 2.83 bits per heavy atom. The maximum Gasteiger partial charge on any atom is 0.314 e. The molecule has 1 saturated heterocycles. The number of nitrogens with zero attached hydrogens (tertiary/aromatic N) is 1. The van der Waals surface area contributed by atoms with Crippen molar-refractivity contribution >= 4 is 18.0 Å². The van der Waals surface area contributed by atoms with E-state index in [2.05, 4.69) is 10.6 Å². The molecule has 132 valence electrons. The second-order valence-electron chi connectivity index (χ2n) is 5.75. The zero-order valence-electron chi connectivity index (χ0n) is 14.0. The number of ether oxygens (including phenoxy) is 1. The molecule has 2 heterocycles. The molecule has 3 amide bonds. The topological polar surface area (TPSA) is 83.8 Å². The summed E-state index contributed by atoms with van der Waals surface area (Å²) in [6.45, 7) is 3.04. The summed E-state index contributed by atoms with van der Waals surface area (Å²) in [5.41, 5.74) is 0. The number of carbonyl (C=O) groups is 2. The molecule has 0 unspecified atom stereocenters. The lowest BCUT2D eigenvalue weighted by Crippen LogP contribution is -2.43. The van der Waals surface area contributed by atoms with Crippen LogP contribution >= 0.6 is 0 Å². The van der Waals surface area contributed by atoms with Gasteiger partial charge in [-0.3, -0.25) is 4.79 Å². The summed E-state index contributed by atoms with van der Waals surface area (Å²) < 4.78 is 10.0. The Morgan fingerprint density at radius 2 is 2.17 bits per heavy atom. The van der Waals surface area contributed by atoms with Gasteiger partial charge in [-0.1, -0.05) is 0 Å². The molecule has 1 aliphatic heterocycles. The van der Waals surface area contributed by atoms with E-state index in [1.165, 1.54) is 0 Å². The number of furan rings is 1. The van der Waals surface area contributed by atoms with Crippen LogP contribution in [0.25, 0.3) is 6.08 Å². The van der Waals surface area contributed by atoms with Crippen LogP contribution in [-0.2, 0) is 9.53 Å². The monoisotopic (exact) mass is 335 g/mol. The lowest BCUT2D eigenvalue weighted by atomic mass is 9.97. The highest BCUT2D eigenvalue weighted by atomic mass is 16.5. The van der Waals surface area contributed by atoms with E-state index in [4.69, 9.17) is 9.15 Å². The first-order chi connectivity index (χ1) is 11.7. The largest absolute Gasteiger partial charge is 0.465 e. The number of nitrogens with one attached hydrogen (secondary N) is 2. The van der Waals surface area contributed by atoms with Crippen molar-refractivity contribution < 1.29 is 18.7 Å². The molecule has 0 saturated carbocycles. The zero-order chi connectivity index (χ0) is 17.2. The third-order valence-electron chi connectivity index (χ3n) is 4.00. The van der Waals surface area contributed by atoms with E-state index in [0.29, 0.717) is 44.5 Å². The summed E-state index contributed by atoms with van der Waals surface area (Å²) in [7, 11) is 1.60. The van der Waals surface area contributed by atoms with E-state index < -0.39 is 0 Å². The second kappa shape index (κ2) is 9.77. The van der Waals surface area contributed by atoms with Crippen molar-refractivity contribution in [2.75, 3.05) is 39.9 Å². The van der Waals surface area contributed by atoms with Crippen molar-refractivity contribution in [3.8, 4) is 0 Å². The molecule has 7 heteroatoms. The minimum Gasteiger partial charge on any atom is -0.465 e. The highest BCUT2D eigenvalue weighted by Crippen LogP contribution is 2.17. The molecule has 0 bridgehead atoms. The van der Waals surface area contributed by atoms with Gasteiger partial charge < -0.3 is 24.7 Å². The molecule has 0 atom stereocenters. The van der Waals surface area contributed by atoms with Crippen molar-refractivity contribution in [3.05, 3.63) is 30.2 Å². The molecule has 1 aliphatic rings. The Bertz CT molecular complexity index is 534. The van der Waals surface area contributed by atoms with Crippen molar-refractivity contribution in [1.29, 1.82) is 0 Å². The first kappa shape index (κ1) is 18.1. The molecular weight excluding hydrogens is 310 g/mol. The first-order valence-electron chi connectivity index (χ1n) is 8.20. The van der Waals surface area contributed by atoms with Gasteiger partial charge in [0.1, 0.15) is 5.76 Å². The molecule has 1 fully saturated rings. The molecule has 7 nitrogen and oxygen atoms in total. The van der Waals surface area contributed by atoms with E-state index in [-0.39, 0.29) is 11.9 Å². The predicted octanol–water partition coefficient (Wildman–Crippen LogP) is 1.48. The van der Waals surface area contributed by atoms with Crippen LogP contribution in [-0.4, -0.2) is 56.7 Å². The lowest BCUT2D eigenvalue weighted by molar-refractivity contribution is -0.127. The fourth-order valence-corrected chi connectivity index (χ4v) is 2.57. The maximum atomic E-state index is 12.1. The molecule has 0 aliphatic carbocycles. The van der Waals surface area contributed by atoms with E-state index >= 15 is 0 Å². The van der Waals surface area contributed by atoms with Gasteiger partial charge >= 0.3 is 6.03 Å². The van der Waals surface area contributed by atoms with Crippen molar-refractivity contribution in [3.63, 3.8) is 0 Å². The van der Waals surface area contributed by atoms with Crippen LogP contribution in [0, 0.1) is 5.92 Å². The van der Waals surface area contributed by atoms with Crippen molar-refractivity contribution in [2.45, 2.75) is 12.8 Å². The van der Waals surface area contributed by atoms with Gasteiger partial charge in [-0.05, 0) is 37.0 Å². The quantitative estimate of drug-likeness (QED) is 0.584. The Hall–Kier alpha value is -2.28. The van der Waals surface area contributed by atoms with Gasteiger partial charge in [0, 0.05) is 39.4 Å². The van der Waals surface area contributed by atoms with Crippen LogP contribution in [0.4, 0.5) is 4.79 Å². The standard InChI is InChI=1S/C17H25N3O4/c1-23-12-8-18-17(22)19-13-14-6-9-20(10-7-14)16(21)5-4-15-3-2-11-24-15/h2-5,11,14H,6-10,12-13H2,1H3,(H2,18,19,22)/b5-4+. The summed E-state index contributed by atoms with van der Waals surface area (Å²) in [6, 6.07) is 3.42. The lowest BCUT2D eigenvalue weighted by Gasteiger charge is -2.31. The number of hydrogen-bond acceptors (Lipinski definition) is 4. The molecule has 2 rings (SSSR count). The van der Waals surface area contributed by atoms with Crippen molar-refractivity contribution in [1.82, 2.24) is 15.5 Å². The number of amides is 3. The van der Waals surface area contributed by atoms with Gasteiger partial charge in [0.2, 0.25) is 5.91 Å². The molecule has 0 spiro atoms. The SMILES string of the molecule is COCCNC(=O)NCC1CCN(C(=O)/C=C/c2ccco2)CC1. The number of hydrogen-bond donors (Lipinski definition) is 2. The van der Waals surface area contributed by atoms with Crippen LogP contribution in [0.3, 0.4) is 0 Å². The van der Waals surface area contributed by atoms with E-state index in [1.807, 2.05) is 4.90 Å². The second-order valence-corrected chi connectivity index (χ2v) is 5.75. The fraction of sp³-hybridized carbons (Fsp3) is 0.529. The summed E-state index contributed by atoms with van der Waals surface area (Å²) in [5.74, 6) is 1.06. The molecule has 24 heavy (non-hydrogen) atoms. The Balaban J connectivity index is 1.64. The zero-order valence-corrected chi connectivity index (χ0v) is 14.0. The Morgan fingerprint density at radius 1 is 1.38 bits per heavy atom. The molecular formula is C17H25N3O4. The molecule has 1 aromatic heterocycles. The smallest absolute Gasteiger partial charge is 0.314 e. The highest BCUT2D eigenvalue weighted by molar-refractivity contribution is 5.91. The summed E-state index contributed by atoms with van der Waals surface area (Å²) in [4.78, 5) is 25.5. The van der Waals surface area contributed by atoms with Crippen LogP contribution in [0.2, 0.25) is 0 Å². The number of urea groups is 1. The average Bonchev–Trinajstić information content (AvgIpc) is 3.12. The van der Waals surface area contributed by atoms with Crippen molar-refractivity contribution in [2.24, 2.45) is 5.92 Å². The van der Waals surface area contributed by atoms with Gasteiger partial charge in [-0.25, -0.2) is 4.79 Å². The maximum absolute atomic E-state index is 12.1. The van der Waals surface area contributed by atoms with Crippen LogP contribution in [0.1, 0.15) is 18.6 Å². The number of methoxy groups -OCH3 is 1. The van der Waals surface area contributed by atoms with Crippen LogP contribution in [0.5, 0.6) is 0 Å². The normalized spacial score (nSPS) is 15.6. The number of rotatable bonds is 7. The van der Waals surface area contributed by atoms with E-state index in [0.717, 1.165) is 12.8 Å². The van der Waals surface area contributed by atoms with Gasteiger partial charge in [-0.15, -0.1) is 0 Å². The van der Waals surface area contributed by atoms with Gasteiger partial charge in [0.25, 0.3) is 0 Å². The minimum atomic E-state index is -0.174. The molecule has 1 aromatic rings. The van der Waals surface area contributed by atoms with Crippen LogP contribution in [0.15, 0.2) is 28.9 Å². The average molecular weight is 335 g/mol. The summed E-state index contributed by atoms with van der Waals surface area (Å²) in [6.07, 6.45) is 6.58. The minimum absolute atomic E-state index is 0.00452. The first-order valence-corrected chi connectivity index (χ1v) is 8.20. The van der Waals surface area contributed by atoms with Gasteiger partial charge in [-0.2, -0.15) is 0 Å². The molecule has 0 radical (unpaired) electrons. The number of likely N-dealkylation sites (tertiary alicyclic amines) is 1. The molecule has 2 N–H and O–H groups in total. The Labute approximate surface area is 142 Å². The third-order valence-corrected chi connectivity index (χ3v) is 4.00. The number of carbonyl (C=O) groups excluding carboxylic acids is 2. The molecule has 0 aromatic carbocycles. The highest BCUT2D eigenvalue weighted by Gasteiger charge is 2.21. The van der Waals surface area contributed by atoms with Crippen LogP contribution < -0.4 is 10.6 Å². The fourth-order valence-electron chi connectivity index (χ4n) is 2.57. The predicted molar refractivity (Wildman–Crippen MR) is 90.3 cm³/mol. The summed E-state index contributed by atoms with van der Waals surface area (Å²) >= 11 is 0.